The lowest BCUT2D eigenvalue weighted by atomic mass is 10.1. The van der Waals surface area contributed by atoms with Crippen molar-refractivity contribution in [2.45, 2.75) is 59.6 Å². The molecule has 0 saturated carbocycles. The Morgan fingerprint density at radius 3 is 2.47 bits per heavy atom. The van der Waals surface area contributed by atoms with E-state index in [9.17, 15) is 14.4 Å². The average Bonchev–Trinajstić information content (AvgIpc) is 2.75. The van der Waals surface area contributed by atoms with Crippen molar-refractivity contribution in [1.82, 2.24) is 9.55 Å². The van der Waals surface area contributed by atoms with Gasteiger partial charge in [0.1, 0.15) is 11.6 Å². The van der Waals surface area contributed by atoms with E-state index in [2.05, 4.69) is 4.98 Å². The normalized spacial score (nSPS) is 11.8. The highest BCUT2D eigenvalue weighted by molar-refractivity contribution is 5.98. The summed E-state index contributed by atoms with van der Waals surface area (Å²) >= 11 is 0. The Morgan fingerprint density at radius 2 is 1.91 bits per heavy atom. The molecule has 0 spiro atoms. The molecule has 1 aromatic heterocycles. The van der Waals surface area contributed by atoms with Gasteiger partial charge in [-0.15, -0.1) is 0 Å². The number of hydrogen-bond donors (Lipinski definition) is 2. The van der Waals surface area contributed by atoms with E-state index in [1.54, 1.807) is 31.2 Å². The predicted octanol–water partition coefficient (Wildman–Crippen LogP) is 2.64. The van der Waals surface area contributed by atoms with E-state index in [1.807, 2.05) is 26.8 Å². The molecule has 0 radical (unpaired) electrons. The number of carbonyl (C=O) groups is 1. The van der Waals surface area contributed by atoms with Crippen LogP contribution in [0.3, 0.4) is 0 Å². The van der Waals surface area contributed by atoms with Crippen molar-refractivity contribution in [1.29, 1.82) is 5.26 Å². The number of nitriles is 1. The number of nitrogen functional groups attached to an aromatic ring is 1. The van der Waals surface area contributed by atoms with E-state index in [-0.39, 0.29) is 24.0 Å². The molecular formula is C23H31N5O4. The highest BCUT2D eigenvalue weighted by atomic mass is 16.5. The van der Waals surface area contributed by atoms with Gasteiger partial charge in [-0.05, 0) is 49.9 Å². The second-order valence-electron chi connectivity index (χ2n) is 8.07. The highest BCUT2D eigenvalue weighted by Crippen LogP contribution is 2.21. The smallest absolute Gasteiger partial charge is 0.330 e. The van der Waals surface area contributed by atoms with E-state index < -0.39 is 23.3 Å². The first-order valence-corrected chi connectivity index (χ1v) is 10.8. The molecule has 1 unspecified atom stereocenters. The van der Waals surface area contributed by atoms with Crippen LogP contribution in [0.2, 0.25) is 0 Å². The van der Waals surface area contributed by atoms with Crippen LogP contribution >= 0.6 is 0 Å². The van der Waals surface area contributed by atoms with Crippen LogP contribution in [0, 0.1) is 17.2 Å². The van der Waals surface area contributed by atoms with E-state index in [4.69, 9.17) is 15.7 Å². The summed E-state index contributed by atoms with van der Waals surface area (Å²) in [5.74, 6) is 0.206. The topological polar surface area (TPSA) is 134 Å². The molecule has 2 rings (SSSR count). The summed E-state index contributed by atoms with van der Waals surface area (Å²) in [6.07, 6.45) is 1.24. The maximum absolute atomic E-state index is 13.4. The molecule has 0 aliphatic heterocycles. The summed E-state index contributed by atoms with van der Waals surface area (Å²) in [5.41, 5.74) is 5.37. The van der Waals surface area contributed by atoms with Crippen LogP contribution in [-0.2, 0) is 11.3 Å². The van der Waals surface area contributed by atoms with Gasteiger partial charge in [-0.1, -0.05) is 27.2 Å². The molecule has 9 nitrogen and oxygen atoms in total. The lowest BCUT2D eigenvalue weighted by Gasteiger charge is -2.28. The Bertz CT molecular complexity index is 1080. The Morgan fingerprint density at radius 1 is 1.25 bits per heavy atom. The third kappa shape index (κ3) is 6.00. The molecule has 0 aliphatic rings. The second kappa shape index (κ2) is 11.2. The zero-order chi connectivity index (χ0) is 23.8. The summed E-state index contributed by atoms with van der Waals surface area (Å²) < 4.78 is 7.05. The number of ether oxygens (including phenoxy) is 1. The van der Waals surface area contributed by atoms with Crippen LogP contribution in [0.15, 0.2) is 33.9 Å². The second-order valence-corrected chi connectivity index (χ2v) is 8.07. The molecule has 1 heterocycles. The van der Waals surface area contributed by atoms with Gasteiger partial charge < -0.3 is 15.4 Å². The zero-order valence-corrected chi connectivity index (χ0v) is 19.1. The summed E-state index contributed by atoms with van der Waals surface area (Å²) in [7, 11) is 0. The number of aromatic nitrogens is 2. The van der Waals surface area contributed by atoms with Crippen LogP contribution in [0.25, 0.3) is 0 Å². The number of anilines is 2. The lowest BCUT2D eigenvalue weighted by Crippen LogP contribution is -2.46. The SMILES string of the molecule is CCCCn1c(N)c(N(CCC(C)C)C(=O)C(C)Oc2ccc(C#N)cc2)c(=O)[nH]c1=O. The van der Waals surface area contributed by atoms with Crippen molar-refractivity contribution in [3.8, 4) is 11.8 Å². The highest BCUT2D eigenvalue weighted by Gasteiger charge is 2.29. The van der Waals surface area contributed by atoms with E-state index in [1.165, 1.54) is 9.47 Å². The number of unbranched alkanes of at least 4 members (excludes halogenated alkanes) is 1. The third-order valence-corrected chi connectivity index (χ3v) is 5.06. The monoisotopic (exact) mass is 441 g/mol. The van der Waals surface area contributed by atoms with Gasteiger partial charge in [0.05, 0.1) is 11.6 Å². The minimum absolute atomic E-state index is 0.0325. The Hall–Kier alpha value is -3.54. The number of carbonyl (C=O) groups excluding carboxylic acids is 1. The van der Waals surface area contributed by atoms with Crippen LogP contribution in [0.1, 0.15) is 52.5 Å². The maximum atomic E-state index is 13.4. The summed E-state index contributed by atoms with van der Waals surface area (Å²) in [6.45, 7) is 8.17. The molecule has 3 N–H and O–H groups in total. The van der Waals surface area contributed by atoms with Crippen LogP contribution in [0.4, 0.5) is 11.5 Å². The number of hydrogen-bond acceptors (Lipinski definition) is 6. The molecule has 0 fully saturated rings. The van der Waals surface area contributed by atoms with Crippen LogP contribution in [-0.4, -0.2) is 28.1 Å². The predicted molar refractivity (Wildman–Crippen MR) is 124 cm³/mol. The fourth-order valence-corrected chi connectivity index (χ4v) is 3.18. The van der Waals surface area contributed by atoms with Gasteiger partial charge >= 0.3 is 5.69 Å². The number of benzene rings is 1. The lowest BCUT2D eigenvalue weighted by molar-refractivity contribution is -0.124. The molecule has 172 valence electrons. The molecule has 2 aromatic rings. The van der Waals surface area contributed by atoms with Gasteiger partial charge in [0.2, 0.25) is 0 Å². The van der Waals surface area contributed by atoms with Crippen molar-refractivity contribution in [2.24, 2.45) is 5.92 Å². The number of nitrogens with one attached hydrogen (secondary N) is 1. The number of nitrogens with zero attached hydrogens (tertiary/aromatic N) is 3. The summed E-state index contributed by atoms with van der Waals surface area (Å²) in [5, 5.41) is 8.93. The van der Waals surface area contributed by atoms with Gasteiger partial charge in [-0.25, -0.2) is 4.79 Å². The molecule has 1 aromatic carbocycles. The summed E-state index contributed by atoms with van der Waals surface area (Å²) in [6, 6.07) is 8.42. The largest absolute Gasteiger partial charge is 0.481 e. The van der Waals surface area contributed by atoms with Gasteiger partial charge in [0.25, 0.3) is 11.5 Å². The van der Waals surface area contributed by atoms with Crippen molar-refractivity contribution < 1.29 is 9.53 Å². The molecule has 1 atom stereocenters. The molecule has 0 saturated heterocycles. The molecule has 0 bridgehead atoms. The van der Waals surface area contributed by atoms with Crippen molar-refractivity contribution >= 4 is 17.4 Å². The number of aromatic amines is 1. The number of rotatable bonds is 10. The molecule has 0 aliphatic carbocycles. The maximum Gasteiger partial charge on any atom is 0.330 e. The van der Waals surface area contributed by atoms with E-state index in [0.29, 0.717) is 30.7 Å². The van der Waals surface area contributed by atoms with Crippen molar-refractivity contribution in [3.05, 3.63) is 50.7 Å². The first-order valence-electron chi connectivity index (χ1n) is 10.8. The Labute approximate surface area is 187 Å². The third-order valence-electron chi connectivity index (χ3n) is 5.06. The van der Waals surface area contributed by atoms with Gasteiger partial charge in [0, 0.05) is 13.1 Å². The molecule has 32 heavy (non-hydrogen) atoms. The van der Waals surface area contributed by atoms with E-state index in [0.717, 1.165) is 6.42 Å². The average molecular weight is 442 g/mol. The first-order chi connectivity index (χ1) is 15.2. The fourth-order valence-electron chi connectivity index (χ4n) is 3.18. The van der Waals surface area contributed by atoms with Gasteiger partial charge in [-0.3, -0.25) is 19.1 Å². The molecule has 9 heteroatoms. The standard InChI is InChI=1S/C23H31N5O4/c1-5-6-12-28-20(25)19(21(29)26-23(28)31)27(13-11-15(2)3)22(30)16(4)32-18-9-7-17(14-24)8-10-18/h7-10,15-16H,5-6,11-13,25H2,1-4H3,(H,26,29,31). The number of H-pyrrole nitrogens is 1. The first kappa shape index (κ1) is 24.7. The van der Waals surface area contributed by atoms with Crippen LogP contribution < -0.4 is 26.6 Å². The fraction of sp³-hybridized carbons (Fsp3) is 0.478. The Balaban J connectivity index is 2.42. The minimum Gasteiger partial charge on any atom is -0.481 e. The molecular weight excluding hydrogens is 410 g/mol. The van der Waals surface area contributed by atoms with Gasteiger partial charge in [0.15, 0.2) is 11.8 Å². The molecule has 1 amide bonds. The summed E-state index contributed by atoms with van der Waals surface area (Å²) in [4.78, 5) is 41.9. The Kier molecular flexibility index (Phi) is 8.64. The van der Waals surface area contributed by atoms with Crippen LogP contribution in [0.5, 0.6) is 5.75 Å². The van der Waals surface area contributed by atoms with E-state index >= 15 is 0 Å². The van der Waals surface area contributed by atoms with Crippen molar-refractivity contribution in [3.63, 3.8) is 0 Å². The number of amides is 1. The quantitative estimate of drug-likeness (QED) is 0.582. The van der Waals surface area contributed by atoms with Gasteiger partial charge in [-0.2, -0.15) is 5.26 Å². The number of nitrogens with two attached hydrogens (primary N) is 1. The zero-order valence-electron chi connectivity index (χ0n) is 19.1. The minimum atomic E-state index is -0.926. The van der Waals surface area contributed by atoms with Crippen molar-refractivity contribution in [2.75, 3.05) is 17.2 Å².